The molecule has 7 heteroatoms. The van der Waals surface area contributed by atoms with Crippen molar-refractivity contribution in [1.29, 1.82) is 0 Å². The van der Waals surface area contributed by atoms with E-state index in [2.05, 4.69) is 4.74 Å². The van der Waals surface area contributed by atoms with Gasteiger partial charge in [0.15, 0.2) is 5.78 Å². The zero-order valence-electron chi connectivity index (χ0n) is 11.1. The summed E-state index contributed by atoms with van der Waals surface area (Å²) in [5, 5.41) is 0. The summed E-state index contributed by atoms with van der Waals surface area (Å²) in [6.45, 7) is -0.277. The zero-order valence-corrected chi connectivity index (χ0v) is 11.1. The molecule has 0 heterocycles. The van der Waals surface area contributed by atoms with Gasteiger partial charge in [-0.1, -0.05) is 0 Å². The number of carbonyl (C=O) groups excluding carboxylic acids is 1. The number of Topliss-reactive ketones (excluding diaryl/α,β-unsaturated/α-hetero) is 1. The van der Waals surface area contributed by atoms with Crippen molar-refractivity contribution < 1.29 is 32.2 Å². The highest BCUT2D eigenvalue weighted by Gasteiger charge is 2.27. The number of hydrogen-bond donors (Lipinski definition) is 0. The van der Waals surface area contributed by atoms with Crippen LogP contribution in [0.5, 0.6) is 11.5 Å². The average molecular weight is 292 g/mol. The van der Waals surface area contributed by atoms with E-state index in [0.717, 1.165) is 0 Å². The van der Waals surface area contributed by atoms with Gasteiger partial charge in [0.05, 0.1) is 19.3 Å². The van der Waals surface area contributed by atoms with Crippen molar-refractivity contribution in [2.24, 2.45) is 0 Å². The molecule has 20 heavy (non-hydrogen) atoms. The third-order valence-corrected chi connectivity index (χ3v) is 2.32. The molecule has 0 radical (unpaired) electrons. The Hall–Kier alpha value is -1.76. The van der Waals surface area contributed by atoms with Gasteiger partial charge in [-0.2, -0.15) is 13.2 Å². The molecule has 0 unspecified atom stereocenters. The second kappa shape index (κ2) is 7.14. The van der Waals surface area contributed by atoms with Gasteiger partial charge >= 0.3 is 6.18 Å². The van der Waals surface area contributed by atoms with Crippen LogP contribution in [0.2, 0.25) is 0 Å². The molecule has 0 fully saturated rings. The van der Waals surface area contributed by atoms with Gasteiger partial charge < -0.3 is 14.2 Å². The first-order valence-electron chi connectivity index (χ1n) is 5.80. The fourth-order valence-corrected chi connectivity index (χ4v) is 1.44. The molecule has 0 amide bonds. The van der Waals surface area contributed by atoms with Gasteiger partial charge in [-0.15, -0.1) is 0 Å². The summed E-state index contributed by atoms with van der Waals surface area (Å²) in [6, 6.07) is 4.64. The van der Waals surface area contributed by atoms with E-state index in [1.165, 1.54) is 26.2 Å². The topological polar surface area (TPSA) is 44.8 Å². The molecular weight excluding hydrogens is 277 g/mol. The monoisotopic (exact) mass is 292 g/mol. The van der Waals surface area contributed by atoms with Crippen LogP contribution in [0.3, 0.4) is 0 Å². The summed E-state index contributed by atoms with van der Waals surface area (Å²) in [5.41, 5.74) is 0.335. The third kappa shape index (κ3) is 5.48. The van der Waals surface area contributed by atoms with Gasteiger partial charge in [0, 0.05) is 6.07 Å². The molecule has 0 bridgehead atoms. The number of ether oxygens (including phenoxy) is 3. The number of carbonyl (C=O) groups is 1. The number of ketones is 1. The second-order valence-corrected chi connectivity index (χ2v) is 3.93. The van der Waals surface area contributed by atoms with E-state index in [1.54, 1.807) is 6.07 Å². The molecule has 0 aromatic heterocycles. The van der Waals surface area contributed by atoms with Gasteiger partial charge in [-0.25, -0.2) is 0 Å². The van der Waals surface area contributed by atoms with E-state index in [-0.39, 0.29) is 24.7 Å². The molecule has 0 saturated carbocycles. The van der Waals surface area contributed by atoms with E-state index in [4.69, 9.17) is 9.47 Å². The van der Waals surface area contributed by atoms with Gasteiger partial charge in [0.1, 0.15) is 24.7 Å². The van der Waals surface area contributed by atoms with Crippen molar-refractivity contribution in [2.75, 3.05) is 26.9 Å². The molecular formula is C13H15F3O4. The highest BCUT2D eigenvalue weighted by Crippen LogP contribution is 2.25. The Kier molecular flexibility index (Phi) is 5.82. The first kappa shape index (κ1) is 16.3. The van der Waals surface area contributed by atoms with Crippen LogP contribution < -0.4 is 9.47 Å². The lowest BCUT2D eigenvalue weighted by Gasteiger charge is -2.12. The standard InChI is InChI=1S/C13H15F3O4/c1-9(17)11-4-3-10(18-2)7-12(11)20-6-5-19-8-13(14,15)16/h3-4,7H,5-6,8H2,1-2H3. The van der Waals surface area contributed by atoms with E-state index in [0.29, 0.717) is 11.3 Å². The first-order chi connectivity index (χ1) is 9.33. The summed E-state index contributed by atoms with van der Waals surface area (Å²) in [6.07, 6.45) is -4.36. The normalized spacial score (nSPS) is 11.2. The Balaban J connectivity index is 2.55. The minimum absolute atomic E-state index is 0.0937. The van der Waals surface area contributed by atoms with Crippen LogP contribution in [-0.4, -0.2) is 38.9 Å². The Labute approximate surface area is 114 Å². The summed E-state index contributed by atoms with van der Waals surface area (Å²) in [5.74, 6) is 0.535. The number of hydrogen-bond acceptors (Lipinski definition) is 4. The summed E-state index contributed by atoms with van der Waals surface area (Å²) >= 11 is 0. The number of alkyl halides is 3. The highest BCUT2D eigenvalue weighted by atomic mass is 19.4. The summed E-state index contributed by atoms with van der Waals surface area (Å²) in [4.78, 5) is 11.4. The van der Waals surface area contributed by atoms with Gasteiger partial charge in [0.2, 0.25) is 0 Å². The van der Waals surface area contributed by atoms with Crippen LogP contribution in [0, 0.1) is 0 Å². The third-order valence-electron chi connectivity index (χ3n) is 2.32. The molecule has 4 nitrogen and oxygen atoms in total. The number of rotatable bonds is 7. The Morgan fingerprint density at radius 3 is 2.50 bits per heavy atom. The van der Waals surface area contributed by atoms with Gasteiger partial charge in [-0.05, 0) is 19.1 Å². The highest BCUT2D eigenvalue weighted by molar-refractivity contribution is 5.97. The van der Waals surface area contributed by atoms with E-state index >= 15 is 0 Å². The quantitative estimate of drug-likeness (QED) is 0.572. The largest absolute Gasteiger partial charge is 0.497 e. The number of methoxy groups -OCH3 is 1. The van der Waals surface area contributed by atoms with Crippen molar-refractivity contribution in [3.63, 3.8) is 0 Å². The molecule has 1 rings (SSSR count). The zero-order chi connectivity index (χ0) is 15.2. The van der Waals surface area contributed by atoms with Crippen LogP contribution in [0.4, 0.5) is 13.2 Å². The lowest BCUT2D eigenvalue weighted by atomic mass is 10.1. The molecule has 1 aromatic carbocycles. The molecule has 0 atom stereocenters. The fraction of sp³-hybridized carbons (Fsp3) is 0.462. The van der Waals surface area contributed by atoms with E-state index in [9.17, 15) is 18.0 Å². The van der Waals surface area contributed by atoms with Crippen molar-refractivity contribution in [3.05, 3.63) is 23.8 Å². The maximum atomic E-state index is 11.8. The number of halogens is 3. The predicted octanol–water partition coefficient (Wildman–Crippen LogP) is 2.86. The average Bonchev–Trinajstić information content (AvgIpc) is 2.36. The lowest BCUT2D eigenvalue weighted by molar-refractivity contribution is -0.175. The Morgan fingerprint density at radius 2 is 1.95 bits per heavy atom. The van der Waals surface area contributed by atoms with Crippen LogP contribution >= 0.6 is 0 Å². The molecule has 0 N–H and O–H groups in total. The molecule has 0 saturated heterocycles. The summed E-state index contributed by atoms with van der Waals surface area (Å²) < 4.78 is 50.2. The maximum absolute atomic E-state index is 11.8. The van der Waals surface area contributed by atoms with Crippen molar-refractivity contribution >= 4 is 5.78 Å². The van der Waals surface area contributed by atoms with Crippen LogP contribution in [0.15, 0.2) is 18.2 Å². The molecule has 0 aliphatic heterocycles. The minimum atomic E-state index is -4.36. The molecule has 1 aromatic rings. The van der Waals surface area contributed by atoms with Crippen LogP contribution in [-0.2, 0) is 4.74 Å². The lowest BCUT2D eigenvalue weighted by Crippen LogP contribution is -2.19. The molecule has 0 spiro atoms. The SMILES string of the molecule is COc1ccc(C(C)=O)c(OCCOCC(F)(F)F)c1. The summed E-state index contributed by atoms with van der Waals surface area (Å²) in [7, 11) is 1.46. The Bertz CT molecular complexity index is 457. The van der Waals surface area contributed by atoms with Crippen LogP contribution in [0.25, 0.3) is 0 Å². The Morgan fingerprint density at radius 1 is 1.25 bits per heavy atom. The molecule has 0 aliphatic carbocycles. The van der Waals surface area contributed by atoms with Gasteiger partial charge in [-0.3, -0.25) is 4.79 Å². The molecule has 0 aliphatic rings. The van der Waals surface area contributed by atoms with Crippen LogP contribution in [0.1, 0.15) is 17.3 Å². The van der Waals surface area contributed by atoms with E-state index < -0.39 is 12.8 Å². The maximum Gasteiger partial charge on any atom is 0.411 e. The fourth-order valence-electron chi connectivity index (χ4n) is 1.44. The molecule has 112 valence electrons. The number of benzene rings is 1. The second-order valence-electron chi connectivity index (χ2n) is 3.93. The van der Waals surface area contributed by atoms with Gasteiger partial charge in [0.25, 0.3) is 0 Å². The first-order valence-corrected chi connectivity index (χ1v) is 5.80. The van der Waals surface area contributed by atoms with E-state index in [1.807, 2.05) is 0 Å². The van der Waals surface area contributed by atoms with Crippen molar-refractivity contribution in [3.8, 4) is 11.5 Å². The van der Waals surface area contributed by atoms with Crippen molar-refractivity contribution in [2.45, 2.75) is 13.1 Å². The smallest absolute Gasteiger partial charge is 0.411 e. The van der Waals surface area contributed by atoms with Crippen molar-refractivity contribution in [1.82, 2.24) is 0 Å². The predicted molar refractivity (Wildman–Crippen MR) is 65.4 cm³/mol. The minimum Gasteiger partial charge on any atom is -0.497 e.